The zero-order chi connectivity index (χ0) is 20.2. The first-order valence-electron chi connectivity index (χ1n) is 10.5. The molecule has 0 spiro atoms. The number of nitrogens with one attached hydrogen (secondary N) is 2. The lowest BCUT2D eigenvalue weighted by atomic mass is 10.0. The molecule has 152 valence electrons. The summed E-state index contributed by atoms with van der Waals surface area (Å²) >= 11 is 0. The number of nitrogens with zero attached hydrogens (tertiary/aromatic N) is 1. The van der Waals surface area contributed by atoms with Gasteiger partial charge in [-0.15, -0.1) is 0 Å². The maximum absolute atomic E-state index is 12.4. The van der Waals surface area contributed by atoms with Crippen molar-refractivity contribution in [2.75, 3.05) is 13.1 Å². The van der Waals surface area contributed by atoms with E-state index in [0.29, 0.717) is 30.1 Å². The SMILES string of the molecule is CC(=O)N1CCC(N[C@@H]2C[C@H]2c2ccc(C(=O)NCc3ccccc3)cc2)CC1. The first-order valence-corrected chi connectivity index (χ1v) is 10.5. The van der Waals surface area contributed by atoms with Crippen LogP contribution in [0.5, 0.6) is 0 Å². The lowest BCUT2D eigenvalue weighted by Crippen LogP contribution is -2.45. The van der Waals surface area contributed by atoms with Gasteiger partial charge in [0.05, 0.1) is 0 Å². The Hall–Kier alpha value is -2.66. The fourth-order valence-electron chi connectivity index (χ4n) is 4.17. The van der Waals surface area contributed by atoms with Crippen molar-refractivity contribution < 1.29 is 9.59 Å². The number of likely N-dealkylation sites (tertiary alicyclic amines) is 1. The molecule has 5 heteroatoms. The van der Waals surface area contributed by atoms with Crippen molar-refractivity contribution in [3.8, 4) is 0 Å². The first kappa shape index (κ1) is 19.6. The standard InChI is InChI=1S/C24H29N3O2/c1-17(28)27-13-11-21(12-14-27)26-23-15-22(23)19-7-9-20(10-8-19)24(29)25-16-18-5-3-2-4-6-18/h2-10,21-23,26H,11-16H2,1H3,(H,25,29)/t22-,23+/m0/s1. The maximum atomic E-state index is 12.4. The van der Waals surface area contributed by atoms with Crippen LogP contribution in [0.25, 0.3) is 0 Å². The van der Waals surface area contributed by atoms with Gasteiger partial charge in [-0.05, 0) is 42.5 Å². The van der Waals surface area contributed by atoms with E-state index in [2.05, 4.69) is 22.8 Å². The Morgan fingerprint density at radius 1 is 1.00 bits per heavy atom. The molecule has 5 nitrogen and oxygen atoms in total. The Bertz CT molecular complexity index is 842. The molecule has 2 N–H and O–H groups in total. The lowest BCUT2D eigenvalue weighted by molar-refractivity contribution is -0.129. The van der Waals surface area contributed by atoms with E-state index >= 15 is 0 Å². The minimum Gasteiger partial charge on any atom is -0.348 e. The molecule has 0 radical (unpaired) electrons. The minimum absolute atomic E-state index is 0.0388. The molecular weight excluding hydrogens is 362 g/mol. The first-order chi connectivity index (χ1) is 14.1. The van der Waals surface area contributed by atoms with Crippen molar-refractivity contribution in [3.63, 3.8) is 0 Å². The normalized spacial score (nSPS) is 21.6. The lowest BCUT2D eigenvalue weighted by Gasteiger charge is -2.32. The topological polar surface area (TPSA) is 61.4 Å². The van der Waals surface area contributed by atoms with E-state index < -0.39 is 0 Å². The maximum Gasteiger partial charge on any atom is 0.251 e. The zero-order valence-corrected chi connectivity index (χ0v) is 16.9. The highest BCUT2D eigenvalue weighted by Gasteiger charge is 2.39. The molecule has 2 aromatic carbocycles. The Kier molecular flexibility index (Phi) is 5.95. The Morgan fingerprint density at radius 2 is 1.69 bits per heavy atom. The Balaban J connectivity index is 1.24. The number of benzene rings is 2. The summed E-state index contributed by atoms with van der Waals surface area (Å²) in [6, 6.07) is 19.0. The number of hydrogen-bond donors (Lipinski definition) is 2. The molecular formula is C24H29N3O2. The van der Waals surface area contributed by atoms with Crippen LogP contribution < -0.4 is 10.6 Å². The van der Waals surface area contributed by atoms with Gasteiger partial charge in [0, 0.05) is 50.1 Å². The smallest absolute Gasteiger partial charge is 0.251 e. The van der Waals surface area contributed by atoms with Gasteiger partial charge in [-0.2, -0.15) is 0 Å². The molecule has 0 unspecified atom stereocenters. The molecule has 2 aromatic rings. The fraction of sp³-hybridized carbons (Fsp3) is 0.417. The van der Waals surface area contributed by atoms with Gasteiger partial charge >= 0.3 is 0 Å². The van der Waals surface area contributed by atoms with Crippen LogP contribution in [0.1, 0.15) is 53.6 Å². The molecule has 1 heterocycles. The Morgan fingerprint density at radius 3 is 2.34 bits per heavy atom. The molecule has 1 aliphatic heterocycles. The monoisotopic (exact) mass is 391 g/mol. The molecule has 1 saturated heterocycles. The molecule has 1 aliphatic carbocycles. The van der Waals surface area contributed by atoms with Crippen LogP contribution in [0.2, 0.25) is 0 Å². The molecule has 2 amide bonds. The van der Waals surface area contributed by atoms with Gasteiger partial charge < -0.3 is 15.5 Å². The number of hydrogen-bond acceptors (Lipinski definition) is 3. The summed E-state index contributed by atoms with van der Waals surface area (Å²) in [4.78, 5) is 25.7. The number of piperidine rings is 1. The molecule has 2 fully saturated rings. The number of rotatable bonds is 6. The van der Waals surface area contributed by atoms with Crippen LogP contribution in [0.15, 0.2) is 54.6 Å². The third-order valence-corrected chi connectivity index (χ3v) is 6.08. The van der Waals surface area contributed by atoms with Crippen molar-refractivity contribution in [3.05, 3.63) is 71.3 Å². The summed E-state index contributed by atoms with van der Waals surface area (Å²) in [5.41, 5.74) is 3.09. The van der Waals surface area contributed by atoms with Gasteiger partial charge in [-0.25, -0.2) is 0 Å². The van der Waals surface area contributed by atoms with E-state index in [0.717, 1.165) is 37.9 Å². The minimum atomic E-state index is -0.0388. The largest absolute Gasteiger partial charge is 0.348 e. The summed E-state index contributed by atoms with van der Waals surface area (Å²) in [5.74, 6) is 0.672. The molecule has 2 atom stereocenters. The van der Waals surface area contributed by atoms with E-state index in [1.165, 1.54) is 5.56 Å². The average molecular weight is 392 g/mol. The van der Waals surface area contributed by atoms with Crippen LogP contribution in [0.4, 0.5) is 0 Å². The second-order valence-corrected chi connectivity index (χ2v) is 8.19. The van der Waals surface area contributed by atoms with Gasteiger partial charge in [-0.3, -0.25) is 9.59 Å². The highest BCUT2D eigenvalue weighted by Crippen LogP contribution is 2.41. The third kappa shape index (κ3) is 5.04. The number of carbonyl (C=O) groups is 2. The van der Waals surface area contributed by atoms with E-state index in [9.17, 15) is 9.59 Å². The van der Waals surface area contributed by atoms with Crippen molar-refractivity contribution in [1.82, 2.24) is 15.5 Å². The van der Waals surface area contributed by atoms with Crippen molar-refractivity contribution in [1.29, 1.82) is 0 Å². The van der Waals surface area contributed by atoms with Crippen molar-refractivity contribution in [2.45, 2.75) is 50.7 Å². The summed E-state index contributed by atoms with van der Waals surface area (Å²) in [6.45, 7) is 3.91. The molecule has 0 aromatic heterocycles. The molecule has 4 rings (SSSR count). The van der Waals surface area contributed by atoms with Gasteiger partial charge in [0.15, 0.2) is 0 Å². The molecule has 29 heavy (non-hydrogen) atoms. The van der Waals surface area contributed by atoms with Gasteiger partial charge in [0.25, 0.3) is 5.91 Å². The Labute approximate surface area is 172 Å². The molecule has 1 saturated carbocycles. The zero-order valence-electron chi connectivity index (χ0n) is 16.9. The van der Waals surface area contributed by atoms with Gasteiger partial charge in [0.1, 0.15) is 0 Å². The summed E-state index contributed by atoms with van der Waals surface area (Å²) in [6.07, 6.45) is 3.21. The van der Waals surface area contributed by atoms with Crippen LogP contribution in [0.3, 0.4) is 0 Å². The molecule has 0 bridgehead atoms. The van der Waals surface area contributed by atoms with Crippen LogP contribution >= 0.6 is 0 Å². The summed E-state index contributed by atoms with van der Waals surface area (Å²) < 4.78 is 0. The summed E-state index contributed by atoms with van der Waals surface area (Å²) in [5, 5.41) is 6.73. The van der Waals surface area contributed by atoms with E-state index in [1.54, 1.807) is 6.92 Å². The van der Waals surface area contributed by atoms with Crippen LogP contribution in [-0.4, -0.2) is 41.9 Å². The van der Waals surface area contributed by atoms with Gasteiger partial charge in [0.2, 0.25) is 5.91 Å². The van der Waals surface area contributed by atoms with Crippen LogP contribution in [-0.2, 0) is 11.3 Å². The average Bonchev–Trinajstić information content (AvgIpc) is 3.52. The predicted octanol–water partition coefficient (Wildman–Crippen LogP) is 3.07. The van der Waals surface area contributed by atoms with Crippen LogP contribution in [0, 0.1) is 0 Å². The number of amides is 2. The van der Waals surface area contributed by atoms with E-state index in [-0.39, 0.29) is 11.8 Å². The number of carbonyl (C=O) groups excluding carboxylic acids is 2. The highest BCUT2D eigenvalue weighted by molar-refractivity contribution is 5.94. The highest BCUT2D eigenvalue weighted by atomic mass is 16.2. The fourth-order valence-corrected chi connectivity index (χ4v) is 4.17. The van der Waals surface area contributed by atoms with E-state index in [4.69, 9.17) is 0 Å². The molecule has 2 aliphatic rings. The van der Waals surface area contributed by atoms with E-state index in [1.807, 2.05) is 47.4 Å². The van der Waals surface area contributed by atoms with Crippen molar-refractivity contribution in [2.24, 2.45) is 0 Å². The second kappa shape index (κ2) is 8.78. The predicted molar refractivity (Wildman–Crippen MR) is 114 cm³/mol. The van der Waals surface area contributed by atoms with Crippen molar-refractivity contribution >= 4 is 11.8 Å². The quantitative estimate of drug-likeness (QED) is 0.796. The second-order valence-electron chi connectivity index (χ2n) is 8.19. The summed E-state index contributed by atoms with van der Waals surface area (Å²) in [7, 11) is 0. The third-order valence-electron chi connectivity index (χ3n) is 6.08. The van der Waals surface area contributed by atoms with Gasteiger partial charge in [-0.1, -0.05) is 42.5 Å².